The monoisotopic (exact) mass is 508 g/mol. The molecule has 0 bridgehead atoms. The van der Waals surface area contributed by atoms with Crippen LogP contribution in [0.2, 0.25) is 0 Å². The van der Waals surface area contributed by atoms with E-state index in [1.165, 1.54) is 12.1 Å². The van der Waals surface area contributed by atoms with E-state index in [4.69, 9.17) is 4.74 Å². The fourth-order valence-electron chi connectivity index (χ4n) is 1.82. The van der Waals surface area contributed by atoms with Crippen molar-refractivity contribution in [1.29, 1.82) is 0 Å². The van der Waals surface area contributed by atoms with Crippen molar-refractivity contribution in [3.05, 3.63) is 35.9 Å². The molecule has 2 radical (unpaired) electrons. The molecule has 1 aliphatic heterocycles. The molecule has 0 amide bonds. The number of alkyl halides is 2. The second-order valence-corrected chi connectivity index (χ2v) is 5.76. The van der Waals surface area contributed by atoms with Gasteiger partial charge in [-0.1, -0.05) is 0 Å². The van der Waals surface area contributed by atoms with Crippen molar-refractivity contribution < 1.29 is 37.4 Å². The van der Waals surface area contributed by atoms with E-state index in [0.717, 1.165) is 0 Å². The van der Waals surface area contributed by atoms with Crippen LogP contribution in [0.25, 0.3) is 0 Å². The van der Waals surface area contributed by atoms with E-state index in [-0.39, 0.29) is 30.3 Å². The fourth-order valence-corrected chi connectivity index (χ4v) is 2.26. The van der Waals surface area contributed by atoms with Gasteiger partial charge in [0.2, 0.25) is 0 Å². The number of carbonyl (C=O) groups excluding carboxylic acids is 3. The molecule has 6 nitrogen and oxygen atoms in total. The van der Waals surface area contributed by atoms with Gasteiger partial charge in [-0.3, -0.25) is 0 Å². The normalized spacial score (nSPS) is 22.8. The van der Waals surface area contributed by atoms with Crippen LogP contribution < -0.4 is 0 Å². The Morgan fingerprint density at radius 2 is 1.91 bits per heavy atom. The van der Waals surface area contributed by atoms with Crippen molar-refractivity contribution in [3.63, 3.8) is 0 Å². The Hall–Kier alpha value is -1.63. The van der Waals surface area contributed by atoms with Crippen molar-refractivity contribution in [1.82, 2.24) is 0 Å². The molecule has 2 rings (SSSR count). The molecule has 2 atom stereocenters. The van der Waals surface area contributed by atoms with E-state index in [1.54, 1.807) is 18.2 Å². The number of benzene rings is 1. The summed E-state index contributed by atoms with van der Waals surface area (Å²) in [5.74, 6) is -6.53. The van der Waals surface area contributed by atoms with Gasteiger partial charge in [0.1, 0.15) is 0 Å². The van der Waals surface area contributed by atoms with Gasteiger partial charge >= 0.3 is 138 Å². The van der Waals surface area contributed by atoms with Gasteiger partial charge in [0.15, 0.2) is 0 Å². The van der Waals surface area contributed by atoms with Crippen LogP contribution in [0.15, 0.2) is 30.3 Å². The van der Waals surface area contributed by atoms with Crippen LogP contribution in [0.5, 0.6) is 0 Å². The topological polar surface area (TPSA) is 78.9 Å². The fraction of sp³-hybridized carbons (Fsp3) is 0.308. The van der Waals surface area contributed by atoms with Gasteiger partial charge in [-0.2, -0.15) is 0 Å². The molecule has 1 unspecified atom stereocenters. The van der Waals surface area contributed by atoms with Crippen LogP contribution in [0.1, 0.15) is 10.4 Å². The summed E-state index contributed by atoms with van der Waals surface area (Å²) in [6, 6.07) is 7.85. The van der Waals surface area contributed by atoms with Gasteiger partial charge in [-0.05, 0) is 0 Å². The number of ether oxygens (including phenoxy) is 3. The van der Waals surface area contributed by atoms with E-state index < -0.39 is 40.4 Å². The molecule has 9 heteroatoms. The van der Waals surface area contributed by atoms with Crippen LogP contribution in [0.3, 0.4) is 0 Å². The zero-order valence-electron chi connectivity index (χ0n) is 10.9. The summed E-state index contributed by atoms with van der Waals surface area (Å²) in [5, 5.41) is 0. The zero-order valence-corrected chi connectivity index (χ0v) is 14.4. The molecule has 116 valence electrons. The summed E-state index contributed by atoms with van der Waals surface area (Å²) in [7, 11) is 0. The van der Waals surface area contributed by atoms with E-state index in [1.807, 2.05) is 0 Å². The van der Waals surface area contributed by atoms with Crippen molar-refractivity contribution >= 4 is 40.3 Å². The molecular formula is C13H9BiF2O6. The first-order chi connectivity index (χ1) is 10.3. The van der Waals surface area contributed by atoms with Crippen LogP contribution in [-0.4, -0.2) is 65.1 Å². The molecule has 22 heavy (non-hydrogen) atoms. The van der Waals surface area contributed by atoms with E-state index in [9.17, 15) is 23.2 Å². The Labute approximate surface area is 138 Å². The maximum absolute atomic E-state index is 13.6. The Morgan fingerprint density at radius 3 is 2.50 bits per heavy atom. The van der Waals surface area contributed by atoms with Crippen molar-refractivity contribution in [3.8, 4) is 0 Å². The Bertz CT molecular complexity index is 591. The molecular weight excluding hydrogens is 499 g/mol. The molecule has 0 saturated carbocycles. The second kappa shape index (κ2) is 6.64. The van der Waals surface area contributed by atoms with Gasteiger partial charge in [0, 0.05) is 0 Å². The number of carbonyl (C=O) groups is 3. The van der Waals surface area contributed by atoms with Crippen LogP contribution in [0, 0.1) is 0 Å². The van der Waals surface area contributed by atoms with E-state index >= 15 is 0 Å². The SMILES string of the molecule is O=[C]([Bi])OC1[C@@H](COC(=O)c2ccccc2)OC(=O)C1(F)F. The number of esters is 2. The summed E-state index contributed by atoms with van der Waals surface area (Å²) in [5.41, 5.74) is 0.216. The van der Waals surface area contributed by atoms with Gasteiger partial charge in [0.05, 0.1) is 0 Å². The summed E-state index contributed by atoms with van der Waals surface area (Å²) in [4.78, 5) is 33.8. The summed E-state index contributed by atoms with van der Waals surface area (Å²) in [6.45, 7) is -0.633. The molecule has 1 aromatic rings. The summed E-state index contributed by atoms with van der Waals surface area (Å²) >= 11 is 0.0878. The molecule has 1 saturated heterocycles. The number of hydrogen-bond acceptors (Lipinski definition) is 6. The number of rotatable bonds is 4. The van der Waals surface area contributed by atoms with E-state index in [2.05, 4.69) is 9.47 Å². The first-order valence-corrected chi connectivity index (χ1v) is 7.77. The Morgan fingerprint density at radius 1 is 1.27 bits per heavy atom. The minimum atomic E-state index is -3.96. The molecule has 0 aliphatic carbocycles. The molecule has 0 aromatic heterocycles. The predicted molar refractivity (Wildman–Crippen MR) is 67.6 cm³/mol. The molecule has 1 fully saturated rings. The van der Waals surface area contributed by atoms with Gasteiger partial charge in [0.25, 0.3) is 0 Å². The Kier molecular flexibility index (Phi) is 5.06. The van der Waals surface area contributed by atoms with Gasteiger partial charge in [-0.15, -0.1) is 0 Å². The van der Waals surface area contributed by atoms with Crippen LogP contribution >= 0.6 is 0 Å². The average Bonchev–Trinajstić information content (AvgIpc) is 2.68. The minimum absolute atomic E-state index is 0.0878. The predicted octanol–water partition coefficient (Wildman–Crippen LogP) is 1.08. The molecule has 1 aliphatic rings. The standard InChI is InChI=1S/C13H9F2O6.Bi/c14-13(15)10(20-7-16)9(21-12(13)18)6-19-11(17)8-4-2-1-3-5-8;/h1-5,9-10H,6H2;/t9-,10?;/m1./s1. The van der Waals surface area contributed by atoms with Crippen LogP contribution in [0.4, 0.5) is 13.6 Å². The quantitative estimate of drug-likeness (QED) is 0.344. The third kappa shape index (κ3) is 3.58. The average molecular weight is 508 g/mol. The third-order valence-corrected chi connectivity index (χ3v) is 3.25. The number of halogens is 2. The summed E-state index contributed by atoms with van der Waals surface area (Å²) in [6.07, 6.45) is -3.63. The van der Waals surface area contributed by atoms with Gasteiger partial charge < -0.3 is 0 Å². The van der Waals surface area contributed by atoms with Crippen molar-refractivity contribution in [2.24, 2.45) is 0 Å². The molecule has 1 heterocycles. The third-order valence-electron chi connectivity index (χ3n) is 2.84. The number of hydrogen-bond donors (Lipinski definition) is 0. The van der Waals surface area contributed by atoms with Gasteiger partial charge in [-0.25, -0.2) is 0 Å². The Balaban J connectivity index is 2.03. The van der Waals surface area contributed by atoms with Crippen molar-refractivity contribution in [2.75, 3.05) is 6.61 Å². The summed E-state index contributed by atoms with van der Waals surface area (Å²) < 4.78 is 40.0. The zero-order chi connectivity index (χ0) is 16.3. The van der Waals surface area contributed by atoms with E-state index in [0.29, 0.717) is 0 Å². The van der Waals surface area contributed by atoms with Crippen LogP contribution in [-0.2, 0) is 19.0 Å². The molecule has 1 aromatic carbocycles. The first kappa shape index (κ1) is 16.7. The second-order valence-electron chi connectivity index (χ2n) is 4.34. The molecule has 0 spiro atoms. The number of cyclic esters (lactones) is 1. The van der Waals surface area contributed by atoms with Crippen molar-refractivity contribution in [2.45, 2.75) is 18.1 Å². The maximum atomic E-state index is 13.6. The first-order valence-electron chi connectivity index (χ1n) is 6.03. The molecule has 0 N–H and O–H groups in total.